The van der Waals surface area contributed by atoms with Gasteiger partial charge in [0.2, 0.25) is 0 Å². The number of aliphatic imine (C=N–C) groups is 1. The van der Waals surface area contributed by atoms with Gasteiger partial charge in [-0.05, 0) is 13.3 Å². The van der Waals surface area contributed by atoms with Crippen LogP contribution >= 0.6 is 11.8 Å². The molecule has 0 saturated carbocycles. The van der Waals surface area contributed by atoms with Crippen molar-refractivity contribution >= 4 is 22.8 Å². The van der Waals surface area contributed by atoms with Gasteiger partial charge in [0, 0.05) is 12.9 Å². The molecule has 1 atom stereocenters. The number of ether oxygens (including phenoxy) is 1. The van der Waals surface area contributed by atoms with Gasteiger partial charge >= 0.3 is 0 Å². The van der Waals surface area contributed by atoms with Crippen LogP contribution in [0.3, 0.4) is 0 Å². The zero-order chi connectivity index (χ0) is 10.6. The lowest BCUT2D eigenvalue weighted by Crippen LogP contribution is -2.46. The Kier molecular flexibility index (Phi) is 3.95. The van der Waals surface area contributed by atoms with Crippen molar-refractivity contribution in [1.82, 2.24) is 5.32 Å². The number of hydrogen-bond acceptors (Lipinski definition) is 4. The Morgan fingerprint density at radius 2 is 2.50 bits per heavy atom. The summed E-state index contributed by atoms with van der Waals surface area (Å²) in [6, 6.07) is 0. The topological polar surface area (TPSA) is 50.7 Å². The molecule has 1 unspecified atom stereocenters. The van der Waals surface area contributed by atoms with Crippen molar-refractivity contribution in [3.8, 4) is 0 Å². The second-order valence-electron chi connectivity index (χ2n) is 3.28. The number of amides is 1. The van der Waals surface area contributed by atoms with Crippen LogP contribution in [-0.4, -0.2) is 36.1 Å². The number of nitrogens with zero attached hydrogens (tertiary/aromatic N) is 1. The van der Waals surface area contributed by atoms with Gasteiger partial charge in [0.15, 0.2) is 5.17 Å². The molecule has 1 N–H and O–H groups in total. The van der Waals surface area contributed by atoms with E-state index in [0.29, 0.717) is 11.6 Å². The lowest BCUT2D eigenvalue weighted by atomic mass is 10.0. The monoisotopic (exact) mass is 216 g/mol. The molecule has 0 aromatic heterocycles. The molecule has 0 bridgehead atoms. The maximum atomic E-state index is 11.8. The van der Waals surface area contributed by atoms with Gasteiger partial charge in [-0.3, -0.25) is 9.79 Å². The third-order valence-electron chi connectivity index (χ3n) is 2.41. The van der Waals surface area contributed by atoms with Crippen molar-refractivity contribution in [2.24, 2.45) is 4.99 Å². The van der Waals surface area contributed by atoms with E-state index in [0.717, 1.165) is 12.3 Å². The van der Waals surface area contributed by atoms with E-state index in [2.05, 4.69) is 10.3 Å². The molecular weight excluding hydrogens is 200 g/mol. The Bertz CT molecular complexity index is 249. The third kappa shape index (κ3) is 2.48. The zero-order valence-corrected chi connectivity index (χ0v) is 9.61. The largest absolute Gasteiger partial charge is 0.369 e. The van der Waals surface area contributed by atoms with Crippen molar-refractivity contribution < 1.29 is 9.53 Å². The van der Waals surface area contributed by atoms with Crippen molar-refractivity contribution in [2.45, 2.75) is 25.9 Å². The first kappa shape index (κ1) is 11.5. The number of carbonyl (C=O) groups excluding carboxylic acids is 1. The first-order chi connectivity index (χ1) is 6.62. The number of rotatable bonds is 3. The summed E-state index contributed by atoms with van der Waals surface area (Å²) in [6.07, 6.45) is 0.646. The standard InChI is InChI=1S/C9H16N2O2S/c1-4-9(2,13-3)7(12)11-8-10-5-6-14-8/h4-6H2,1-3H3,(H,10,11,12). The summed E-state index contributed by atoms with van der Waals surface area (Å²) < 4.78 is 5.18. The minimum absolute atomic E-state index is 0.115. The van der Waals surface area contributed by atoms with Gasteiger partial charge in [-0.25, -0.2) is 0 Å². The third-order valence-corrected chi connectivity index (χ3v) is 3.30. The minimum Gasteiger partial charge on any atom is -0.369 e. The van der Waals surface area contributed by atoms with Gasteiger partial charge in [0.1, 0.15) is 5.60 Å². The van der Waals surface area contributed by atoms with Crippen molar-refractivity contribution in [3.05, 3.63) is 0 Å². The lowest BCUT2D eigenvalue weighted by Gasteiger charge is -2.24. The summed E-state index contributed by atoms with van der Waals surface area (Å²) in [5, 5.41) is 3.48. The fraction of sp³-hybridized carbons (Fsp3) is 0.778. The maximum absolute atomic E-state index is 11.8. The van der Waals surface area contributed by atoms with Crippen LogP contribution in [0.25, 0.3) is 0 Å². The van der Waals surface area contributed by atoms with E-state index in [1.807, 2.05) is 6.92 Å². The van der Waals surface area contributed by atoms with Crippen LogP contribution in [-0.2, 0) is 9.53 Å². The maximum Gasteiger partial charge on any atom is 0.257 e. The zero-order valence-electron chi connectivity index (χ0n) is 8.79. The lowest BCUT2D eigenvalue weighted by molar-refractivity contribution is -0.140. The van der Waals surface area contributed by atoms with Crippen LogP contribution in [0.2, 0.25) is 0 Å². The van der Waals surface area contributed by atoms with Crippen LogP contribution in [0.15, 0.2) is 4.99 Å². The molecule has 1 heterocycles. The summed E-state index contributed by atoms with van der Waals surface area (Å²) >= 11 is 1.57. The highest BCUT2D eigenvalue weighted by Gasteiger charge is 2.32. The van der Waals surface area contributed by atoms with Gasteiger partial charge < -0.3 is 10.1 Å². The minimum atomic E-state index is -0.744. The van der Waals surface area contributed by atoms with Crippen molar-refractivity contribution in [1.29, 1.82) is 0 Å². The fourth-order valence-corrected chi connectivity index (χ4v) is 1.76. The number of amidine groups is 1. The average Bonchev–Trinajstić information content (AvgIpc) is 2.69. The highest BCUT2D eigenvalue weighted by molar-refractivity contribution is 8.14. The summed E-state index contributed by atoms with van der Waals surface area (Å²) in [6.45, 7) is 4.49. The number of hydrogen-bond donors (Lipinski definition) is 1. The van der Waals surface area contributed by atoms with Gasteiger partial charge in [0.25, 0.3) is 5.91 Å². The molecule has 14 heavy (non-hydrogen) atoms. The van der Waals surface area contributed by atoms with Gasteiger partial charge in [0.05, 0.1) is 6.54 Å². The summed E-state index contributed by atoms with van der Waals surface area (Å²) in [4.78, 5) is 15.9. The van der Waals surface area contributed by atoms with E-state index in [9.17, 15) is 4.79 Å². The molecule has 1 amide bonds. The van der Waals surface area contributed by atoms with Crippen LogP contribution in [0.5, 0.6) is 0 Å². The highest BCUT2D eigenvalue weighted by atomic mass is 32.2. The molecule has 5 heteroatoms. The molecular formula is C9H16N2O2S. The molecule has 1 aliphatic heterocycles. The molecule has 1 rings (SSSR count). The number of methoxy groups -OCH3 is 1. The Balaban J connectivity index is 2.55. The van der Waals surface area contributed by atoms with Crippen molar-refractivity contribution in [3.63, 3.8) is 0 Å². The first-order valence-electron chi connectivity index (χ1n) is 4.66. The summed E-state index contributed by atoms with van der Waals surface area (Å²) in [7, 11) is 1.55. The normalized spacial score (nSPS) is 20.1. The number of carbonyl (C=O) groups is 1. The van der Waals surface area contributed by atoms with Crippen molar-refractivity contribution in [2.75, 3.05) is 19.4 Å². The van der Waals surface area contributed by atoms with E-state index in [4.69, 9.17) is 4.74 Å². The SMILES string of the molecule is CCC(C)(OC)C(=O)NC1=NCCS1. The Morgan fingerprint density at radius 1 is 1.79 bits per heavy atom. The first-order valence-corrected chi connectivity index (χ1v) is 5.65. The van der Waals surface area contributed by atoms with Crippen LogP contribution in [0.1, 0.15) is 20.3 Å². The molecule has 80 valence electrons. The van der Waals surface area contributed by atoms with E-state index in [1.54, 1.807) is 25.8 Å². The predicted octanol–water partition coefficient (Wildman–Crippen LogP) is 1.02. The van der Waals surface area contributed by atoms with E-state index < -0.39 is 5.60 Å². The van der Waals surface area contributed by atoms with E-state index >= 15 is 0 Å². The number of thioether (sulfide) groups is 1. The van der Waals surface area contributed by atoms with Crippen LogP contribution in [0.4, 0.5) is 0 Å². The Morgan fingerprint density at radius 3 is 2.93 bits per heavy atom. The fourth-order valence-electron chi connectivity index (χ4n) is 1.04. The van der Waals surface area contributed by atoms with Crippen LogP contribution in [0, 0.1) is 0 Å². The molecule has 0 aliphatic carbocycles. The second-order valence-corrected chi connectivity index (χ2v) is 4.36. The molecule has 0 aromatic rings. The van der Waals surface area contributed by atoms with Gasteiger partial charge in [-0.15, -0.1) is 0 Å². The molecule has 0 aromatic carbocycles. The summed E-state index contributed by atoms with van der Waals surface area (Å²) in [5.41, 5.74) is -0.744. The molecule has 4 nitrogen and oxygen atoms in total. The van der Waals surface area contributed by atoms with E-state index in [-0.39, 0.29) is 5.91 Å². The molecule has 0 radical (unpaired) electrons. The highest BCUT2D eigenvalue weighted by Crippen LogP contribution is 2.16. The quantitative estimate of drug-likeness (QED) is 0.766. The second kappa shape index (κ2) is 4.79. The van der Waals surface area contributed by atoms with Crippen LogP contribution < -0.4 is 5.32 Å². The molecule has 1 aliphatic rings. The smallest absolute Gasteiger partial charge is 0.257 e. The summed E-state index contributed by atoms with van der Waals surface area (Å²) in [5.74, 6) is 0.835. The van der Waals surface area contributed by atoms with E-state index in [1.165, 1.54) is 0 Å². The Labute approximate surface area is 88.5 Å². The molecule has 0 spiro atoms. The van der Waals surface area contributed by atoms with Gasteiger partial charge in [-0.1, -0.05) is 18.7 Å². The van der Waals surface area contributed by atoms with Gasteiger partial charge in [-0.2, -0.15) is 0 Å². The number of nitrogens with one attached hydrogen (secondary N) is 1. The predicted molar refractivity (Wildman–Crippen MR) is 58.6 cm³/mol. The molecule has 0 fully saturated rings. The molecule has 0 saturated heterocycles. The Hall–Kier alpha value is -0.550. The average molecular weight is 216 g/mol.